The van der Waals surface area contributed by atoms with Crippen LogP contribution in [0.1, 0.15) is 30.9 Å². The van der Waals surface area contributed by atoms with Gasteiger partial charge in [-0.3, -0.25) is 0 Å². The summed E-state index contributed by atoms with van der Waals surface area (Å²) in [6.45, 7) is 6.35. The quantitative estimate of drug-likeness (QED) is 0.790. The molecule has 3 heteroatoms. The highest BCUT2D eigenvalue weighted by molar-refractivity contribution is 9.10. The second kappa shape index (κ2) is 5.53. The Morgan fingerprint density at radius 3 is 2.67 bits per heavy atom. The number of aryl methyl sites for hydroxylation is 1. The molecule has 0 saturated carbocycles. The molecule has 0 radical (unpaired) electrons. The Morgan fingerprint density at radius 2 is 2.00 bits per heavy atom. The van der Waals surface area contributed by atoms with Crippen LogP contribution in [0.3, 0.4) is 0 Å². The van der Waals surface area contributed by atoms with Gasteiger partial charge in [0.25, 0.3) is 0 Å². The number of halogens is 1. The van der Waals surface area contributed by atoms with E-state index in [2.05, 4.69) is 46.9 Å². The molecule has 0 fully saturated rings. The summed E-state index contributed by atoms with van der Waals surface area (Å²) >= 11 is 3.43. The Morgan fingerprint density at radius 1 is 1.22 bits per heavy atom. The molecule has 0 aliphatic rings. The first-order chi connectivity index (χ1) is 8.56. The SMILES string of the molecule is Cc1cc(Oc2cccc(C(C)C)c2)ncc1Br. The van der Waals surface area contributed by atoms with Crippen molar-refractivity contribution in [2.45, 2.75) is 26.7 Å². The summed E-state index contributed by atoms with van der Waals surface area (Å²) in [5.74, 6) is 1.94. The lowest BCUT2D eigenvalue weighted by atomic mass is 10.0. The molecular weight excluding hydrogens is 290 g/mol. The van der Waals surface area contributed by atoms with Gasteiger partial charge in [0.2, 0.25) is 5.88 Å². The predicted molar refractivity (Wildman–Crippen MR) is 77.3 cm³/mol. The lowest BCUT2D eigenvalue weighted by Gasteiger charge is -2.09. The minimum absolute atomic E-state index is 0.494. The number of rotatable bonds is 3. The molecular formula is C15H16BrNO. The first-order valence-corrected chi connectivity index (χ1v) is 6.75. The largest absolute Gasteiger partial charge is 0.439 e. The number of ether oxygens (including phenoxy) is 1. The lowest BCUT2D eigenvalue weighted by molar-refractivity contribution is 0.461. The number of benzene rings is 1. The van der Waals surface area contributed by atoms with Gasteiger partial charge in [-0.2, -0.15) is 0 Å². The van der Waals surface area contributed by atoms with E-state index < -0.39 is 0 Å². The van der Waals surface area contributed by atoms with E-state index in [1.165, 1.54) is 5.56 Å². The highest BCUT2D eigenvalue weighted by Gasteiger charge is 2.04. The molecule has 0 saturated heterocycles. The summed E-state index contributed by atoms with van der Waals surface area (Å²) in [5.41, 5.74) is 2.38. The Balaban J connectivity index is 2.23. The van der Waals surface area contributed by atoms with Crippen molar-refractivity contribution < 1.29 is 4.74 Å². The van der Waals surface area contributed by atoms with Crippen LogP contribution >= 0.6 is 15.9 Å². The summed E-state index contributed by atoms with van der Waals surface area (Å²) in [5, 5.41) is 0. The molecule has 1 aromatic heterocycles. The fraction of sp³-hybridized carbons (Fsp3) is 0.267. The zero-order valence-electron chi connectivity index (χ0n) is 10.8. The fourth-order valence-electron chi connectivity index (χ4n) is 1.63. The van der Waals surface area contributed by atoms with Crippen LogP contribution in [0.5, 0.6) is 11.6 Å². The van der Waals surface area contributed by atoms with E-state index in [9.17, 15) is 0 Å². The lowest BCUT2D eigenvalue weighted by Crippen LogP contribution is -1.92. The van der Waals surface area contributed by atoms with Crippen molar-refractivity contribution in [2.24, 2.45) is 0 Å². The topological polar surface area (TPSA) is 22.1 Å². The van der Waals surface area contributed by atoms with Crippen LogP contribution in [0.25, 0.3) is 0 Å². The summed E-state index contributed by atoms with van der Waals surface area (Å²) in [7, 11) is 0. The van der Waals surface area contributed by atoms with Crippen molar-refractivity contribution in [3.63, 3.8) is 0 Å². The fourth-order valence-corrected chi connectivity index (χ4v) is 1.84. The third kappa shape index (κ3) is 3.10. The van der Waals surface area contributed by atoms with Crippen molar-refractivity contribution >= 4 is 15.9 Å². The molecule has 0 amide bonds. The Labute approximate surface area is 116 Å². The van der Waals surface area contributed by atoms with Crippen molar-refractivity contribution in [1.29, 1.82) is 0 Å². The van der Waals surface area contributed by atoms with E-state index in [0.29, 0.717) is 11.8 Å². The van der Waals surface area contributed by atoms with Gasteiger partial charge in [-0.1, -0.05) is 26.0 Å². The van der Waals surface area contributed by atoms with Crippen LogP contribution in [0, 0.1) is 6.92 Å². The minimum atomic E-state index is 0.494. The molecule has 2 nitrogen and oxygen atoms in total. The summed E-state index contributed by atoms with van der Waals surface area (Å²) in [6.07, 6.45) is 1.76. The third-order valence-electron chi connectivity index (χ3n) is 2.77. The number of pyridine rings is 1. The number of hydrogen-bond acceptors (Lipinski definition) is 2. The first-order valence-electron chi connectivity index (χ1n) is 5.96. The molecule has 2 aromatic rings. The zero-order valence-corrected chi connectivity index (χ0v) is 12.4. The third-order valence-corrected chi connectivity index (χ3v) is 3.60. The van der Waals surface area contributed by atoms with E-state index in [4.69, 9.17) is 4.74 Å². The minimum Gasteiger partial charge on any atom is -0.439 e. The van der Waals surface area contributed by atoms with Gasteiger partial charge in [0.1, 0.15) is 5.75 Å². The maximum atomic E-state index is 5.77. The van der Waals surface area contributed by atoms with Gasteiger partial charge < -0.3 is 4.74 Å². The maximum Gasteiger partial charge on any atom is 0.219 e. The van der Waals surface area contributed by atoms with Gasteiger partial charge in [-0.05, 0) is 52.0 Å². The van der Waals surface area contributed by atoms with Gasteiger partial charge in [-0.25, -0.2) is 4.98 Å². The molecule has 0 aliphatic heterocycles. The van der Waals surface area contributed by atoms with Crippen LogP contribution < -0.4 is 4.74 Å². The molecule has 18 heavy (non-hydrogen) atoms. The van der Waals surface area contributed by atoms with E-state index in [-0.39, 0.29) is 0 Å². The van der Waals surface area contributed by atoms with Gasteiger partial charge in [-0.15, -0.1) is 0 Å². The number of nitrogens with zero attached hydrogens (tertiary/aromatic N) is 1. The van der Waals surface area contributed by atoms with Gasteiger partial charge in [0.15, 0.2) is 0 Å². The molecule has 0 unspecified atom stereocenters. The zero-order chi connectivity index (χ0) is 13.1. The summed E-state index contributed by atoms with van der Waals surface area (Å²) in [6, 6.07) is 10.1. The second-order valence-electron chi connectivity index (χ2n) is 4.60. The highest BCUT2D eigenvalue weighted by atomic mass is 79.9. The summed E-state index contributed by atoms with van der Waals surface area (Å²) < 4.78 is 6.76. The molecule has 0 N–H and O–H groups in total. The van der Waals surface area contributed by atoms with Crippen molar-refractivity contribution in [2.75, 3.05) is 0 Å². The Hall–Kier alpha value is -1.35. The molecule has 0 bridgehead atoms. The second-order valence-corrected chi connectivity index (χ2v) is 5.46. The predicted octanol–water partition coefficient (Wildman–Crippen LogP) is 5.07. The van der Waals surface area contributed by atoms with Gasteiger partial charge in [0, 0.05) is 16.7 Å². The molecule has 2 rings (SSSR count). The van der Waals surface area contributed by atoms with Crippen LogP contribution in [-0.2, 0) is 0 Å². The number of hydrogen-bond donors (Lipinski definition) is 0. The monoisotopic (exact) mass is 305 g/mol. The van der Waals surface area contributed by atoms with Crippen molar-refractivity contribution in [1.82, 2.24) is 4.98 Å². The molecule has 94 valence electrons. The smallest absolute Gasteiger partial charge is 0.219 e. The van der Waals surface area contributed by atoms with Crippen molar-refractivity contribution in [3.8, 4) is 11.6 Å². The van der Waals surface area contributed by atoms with Crippen molar-refractivity contribution in [3.05, 3.63) is 52.1 Å². The number of aromatic nitrogens is 1. The maximum absolute atomic E-state index is 5.77. The van der Waals surface area contributed by atoms with Crippen LogP contribution in [0.15, 0.2) is 41.0 Å². The average molecular weight is 306 g/mol. The normalized spacial score (nSPS) is 10.7. The highest BCUT2D eigenvalue weighted by Crippen LogP contribution is 2.26. The molecule has 1 heterocycles. The van der Waals surface area contributed by atoms with Gasteiger partial charge >= 0.3 is 0 Å². The van der Waals surface area contributed by atoms with Crippen LogP contribution in [-0.4, -0.2) is 4.98 Å². The average Bonchev–Trinajstić information content (AvgIpc) is 2.34. The van der Waals surface area contributed by atoms with E-state index in [0.717, 1.165) is 15.8 Å². The van der Waals surface area contributed by atoms with E-state index in [1.807, 2.05) is 25.1 Å². The Kier molecular flexibility index (Phi) is 4.02. The first kappa shape index (κ1) is 13.1. The molecule has 0 atom stereocenters. The summed E-state index contributed by atoms with van der Waals surface area (Å²) in [4.78, 5) is 4.24. The van der Waals surface area contributed by atoms with Crippen LogP contribution in [0.4, 0.5) is 0 Å². The van der Waals surface area contributed by atoms with E-state index >= 15 is 0 Å². The van der Waals surface area contributed by atoms with Gasteiger partial charge in [0.05, 0.1) is 0 Å². The van der Waals surface area contributed by atoms with E-state index in [1.54, 1.807) is 6.20 Å². The molecule has 0 aliphatic carbocycles. The Bertz CT molecular complexity index is 552. The standard InChI is InChI=1S/C15H16BrNO/c1-10(2)12-5-4-6-13(8-12)18-15-7-11(3)14(16)9-17-15/h4-10H,1-3H3. The molecule has 1 aromatic carbocycles. The van der Waals surface area contributed by atoms with Crippen LogP contribution in [0.2, 0.25) is 0 Å². The molecule has 0 spiro atoms.